The van der Waals surface area contributed by atoms with Crippen LogP contribution >= 0.6 is 0 Å². The number of amides is 2. The zero-order valence-corrected chi connectivity index (χ0v) is 15.9. The molecular weight excluding hydrogens is 378 g/mol. The lowest BCUT2D eigenvalue weighted by Gasteiger charge is -2.11. The van der Waals surface area contributed by atoms with Crippen LogP contribution in [0.5, 0.6) is 11.5 Å². The first-order valence-corrected chi connectivity index (χ1v) is 8.56. The lowest BCUT2D eigenvalue weighted by molar-refractivity contribution is -0.307. The minimum atomic E-state index is -1.36. The third-order valence-electron chi connectivity index (χ3n) is 3.69. The van der Waals surface area contributed by atoms with Crippen molar-refractivity contribution in [2.24, 2.45) is 5.10 Å². The number of carboxylic acids is 1. The number of hydrogen-bond acceptors (Lipinski definition) is 7. The number of rotatable bonds is 8. The average molecular weight is 398 g/mol. The van der Waals surface area contributed by atoms with E-state index in [1.54, 1.807) is 6.07 Å². The van der Waals surface area contributed by atoms with E-state index in [1.165, 1.54) is 25.5 Å². The number of aryl methyl sites for hydroxylation is 1. The fourth-order valence-corrected chi connectivity index (χ4v) is 2.21. The lowest BCUT2D eigenvalue weighted by atomic mass is 10.1. The highest BCUT2D eigenvalue weighted by Crippen LogP contribution is 2.27. The smallest absolute Gasteiger partial charge is 0.329 e. The van der Waals surface area contributed by atoms with Crippen LogP contribution < -0.4 is 25.3 Å². The molecule has 29 heavy (non-hydrogen) atoms. The molecule has 0 saturated heterocycles. The van der Waals surface area contributed by atoms with Crippen LogP contribution in [0.15, 0.2) is 47.6 Å². The largest absolute Gasteiger partial charge is 0.546 e. The summed E-state index contributed by atoms with van der Waals surface area (Å²) >= 11 is 0. The Morgan fingerprint density at radius 1 is 1.07 bits per heavy atom. The fourth-order valence-electron chi connectivity index (χ4n) is 2.21. The van der Waals surface area contributed by atoms with Gasteiger partial charge in [-0.2, -0.15) is 5.10 Å². The molecule has 152 valence electrons. The quantitative estimate of drug-likeness (QED) is 0.363. The molecule has 0 fully saturated rings. The number of carbonyl (C=O) groups excluding carboxylic acids is 3. The molecule has 0 aliphatic rings. The van der Waals surface area contributed by atoms with E-state index in [0.29, 0.717) is 5.56 Å². The number of hydrogen-bond donors (Lipinski definition) is 2. The molecular formula is C20H20N3O6-. The summed E-state index contributed by atoms with van der Waals surface area (Å²) in [5.41, 5.74) is 4.63. The van der Waals surface area contributed by atoms with Gasteiger partial charge >= 0.3 is 11.8 Å². The van der Waals surface area contributed by atoms with Gasteiger partial charge in [-0.15, -0.1) is 0 Å². The molecule has 0 unspecified atom stereocenters. The van der Waals surface area contributed by atoms with Crippen molar-refractivity contribution in [1.29, 1.82) is 0 Å². The second kappa shape index (κ2) is 10.5. The number of carboxylic acid groups (broad SMARTS) is 1. The maximum absolute atomic E-state index is 11.8. The molecule has 2 aromatic carbocycles. The van der Waals surface area contributed by atoms with Gasteiger partial charge in [-0.1, -0.05) is 29.8 Å². The van der Waals surface area contributed by atoms with E-state index in [4.69, 9.17) is 9.47 Å². The Balaban J connectivity index is 1.87. The lowest BCUT2D eigenvalue weighted by Crippen LogP contribution is -2.37. The average Bonchev–Trinajstić information content (AvgIpc) is 2.71. The Morgan fingerprint density at radius 3 is 2.45 bits per heavy atom. The van der Waals surface area contributed by atoms with Crippen LogP contribution in [0.1, 0.15) is 16.7 Å². The molecule has 0 atom stereocenters. The first kappa shape index (κ1) is 21.4. The number of hydrazone groups is 1. The first-order chi connectivity index (χ1) is 13.9. The molecule has 0 bridgehead atoms. The zero-order valence-electron chi connectivity index (χ0n) is 15.9. The number of carbonyl (C=O) groups is 3. The maximum atomic E-state index is 11.8. The molecule has 0 heterocycles. The van der Waals surface area contributed by atoms with Gasteiger partial charge in [0.05, 0.1) is 19.3 Å². The van der Waals surface area contributed by atoms with Crippen molar-refractivity contribution in [3.8, 4) is 11.5 Å². The Bertz CT molecular complexity index is 909. The summed E-state index contributed by atoms with van der Waals surface area (Å²) in [6.45, 7) is 1.57. The summed E-state index contributed by atoms with van der Waals surface area (Å²) in [5, 5.41) is 16.7. The predicted octanol–water partition coefficient (Wildman–Crippen LogP) is -0.101. The molecule has 0 saturated carbocycles. The number of nitrogens with one attached hydrogen (secondary N) is 2. The summed E-state index contributed by atoms with van der Waals surface area (Å²) in [5.74, 6) is -2.59. The third kappa shape index (κ3) is 6.98. The minimum absolute atomic E-state index is 0.216. The third-order valence-corrected chi connectivity index (χ3v) is 3.69. The van der Waals surface area contributed by atoms with Crippen molar-refractivity contribution in [2.75, 3.05) is 13.7 Å². The normalized spacial score (nSPS) is 10.4. The number of nitrogens with zero attached hydrogens (tertiary/aromatic N) is 1. The standard InChI is InChI=1S/C20H21N3O6/c1-13-3-5-14(6-4-13)10-21-19(26)20(27)23-22-11-15-7-8-16(17(9-15)28-2)29-12-18(24)25/h3-9,11H,10,12H2,1-2H3,(H,21,26)(H,23,27)(H,24,25)/p-1/b22-11-. The molecule has 0 aromatic heterocycles. The van der Waals surface area contributed by atoms with Crippen LogP contribution in [-0.4, -0.2) is 37.7 Å². The number of benzene rings is 2. The highest BCUT2D eigenvalue weighted by Gasteiger charge is 2.12. The Labute approximate surface area is 167 Å². The van der Waals surface area contributed by atoms with Crippen LogP contribution in [0.3, 0.4) is 0 Å². The van der Waals surface area contributed by atoms with Crippen LogP contribution in [0.4, 0.5) is 0 Å². The maximum Gasteiger partial charge on any atom is 0.329 e. The van der Waals surface area contributed by atoms with Gasteiger partial charge in [-0.3, -0.25) is 9.59 Å². The molecule has 2 rings (SSSR count). The molecule has 0 radical (unpaired) electrons. The van der Waals surface area contributed by atoms with Crippen LogP contribution in [0, 0.1) is 6.92 Å². The monoisotopic (exact) mass is 398 g/mol. The highest BCUT2D eigenvalue weighted by atomic mass is 16.5. The predicted molar refractivity (Wildman–Crippen MR) is 102 cm³/mol. The van der Waals surface area contributed by atoms with E-state index in [9.17, 15) is 19.5 Å². The molecule has 9 nitrogen and oxygen atoms in total. The van der Waals surface area contributed by atoms with Gasteiger partial charge in [0, 0.05) is 6.54 Å². The Hall–Kier alpha value is -3.88. The van der Waals surface area contributed by atoms with E-state index in [1.807, 2.05) is 31.2 Å². The van der Waals surface area contributed by atoms with Gasteiger partial charge in [0.15, 0.2) is 11.5 Å². The van der Waals surface area contributed by atoms with Gasteiger partial charge in [0.25, 0.3) is 0 Å². The summed E-state index contributed by atoms with van der Waals surface area (Å²) in [6, 6.07) is 12.1. The van der Waals surface area contributed by atoms with Crippen molar-refractivity contribution in [3.63, 3.8) is 0 Å². The SMILES string of the molecule is COc1cc(/C=N\NC(=O)C(=O)NCc2ccc(C)cc2)ccc1OCC(=O)[O-]. The fraction of sp³-hybridized carbons (Fsp3) is 0.200. The van der Waals surface area contributed by atoms with E-state index < -0.39 is 24.4 Å². The highest BCUT2D eigenvalue weighted by molar-refractivity contribution is 6.35. The van der Waals surface area contributed by atoms with Crippen molar-refractivity contribution >= 4 is 24.0 Å². The molecule has 2 amide bonds. The van der Waals surface area contributed by atoms with Gasteiger partial charge in [-0.05, 0) is 36.2 Å². The Morgan fingerprint density at radius 2 is 1.79 bits per heavy atom. The van der Waals surface area contributed by atoms with Gasteiger partial charge in [-0.25, -0.2) is 5.43 Å². The van der Waals surface area contributed by atoms with Crippen LogP contribution in [0.2, 0.25) is 0 Å². The molecule has 0 spiro atoms. The molecule has 2 aromatic rings. The Kier molecular flexibility index (Phi) is 7.72. The minimum Gasteiger partial charge on any atom is -0.546 e. The van der Waals surface area contributed by atoms with E-state index in [0.717, 1.165) is 11.1 Å². The summed E-state index contributed by atoms with van der Waals surface area (Å²) < 4.78 is 10.1. The second-order valence-corrected chi connectivity index (χ2v) is 5.94. The van der Waals surface area contributed by atoms with E-state index >= 15 is 0 Å². The number of ether oxygens (including phenoxy) is 2. The van der Waals surface area contributed by atoms with E-state index in [2.05, 4.69) is 15.8 Å². The van der Waals surface area contributed by atoms with Gasteiger partial charge in [0.2, 0.25) is 0 Å². The van der Waals surface area contributed by atoms with Crippen molar-refractivity contribution in [1.82, 2.24) is 10.7 Å². The number of aliphatic carboxylic acids is 1. The second-order valence-electron chi connectivity index (χ2n) is 5.94. The van der Waals surface area contributed by atoms with Crippen LogP contribution in [0.25, 0.3) is 0 Å². The van der Waals surface area contributed by atoms with Crippen molar-refractivity contribution in [2.45, 2.75) is 13.5 Å². The van der Waals surface area contributed by atoms with Gasteiger partial charge in [0.1, 0.15) is 6.61 Å². The molecule has 0 aliphatic heterocycles. The number of methoxy groups -OCH3 is 1. The zero-order chi connectivity index (χ0) is 21.2. The van der Waals surface area contributed by atoms with Crippen molar-refractivity contribution < 1.29 is 29.0 Å². The van der Waals surface area contributed by atoms with Crippen LogP contribution in [-0.2, 0) is 20.9 Å². The summed E-state index contributed by atoms with van der Waals surface area (Å²) in [4.78, 5) is 34.1. The van der Waals surface area contributed by atoms with E-state index in [-0.39, 0.29) is 18.0 Å². The van der Waals surface area contributed by atoms with Gasteiger partial charge < -0.3 is 24.7 Å². The summed E-state index contributed by atoms with van der Waals surface area (Å²) in [7, 11) is 1.39. The van der Waals surface area contributed by atoms with Crippen molar-refractivity contribution in [3.05, 3.63) is 59.2 Å². The topological polar surface area (TPSA) is 129 Å². The summed E-state index contributed by atoms with van der Waals surface area (Å²) in [6.07, 6.45) is 1.30. The molecule has 2 N–H and O–H groups in total. The molecule has 9 heteroatoms. The first-order valence-electron chi connectivity index (χ1n) is 8.56. The molecule has 0 aliphatic carbocycles.